The highest BCUT2D eigenvalue weighted by molar-refractivity contribution is 14.0. The highest BCUT2D eigenvalue weighted by atomic mass is 127. The van der Waals surface area contributed by atoms with E-state index in [1.54, 1.807) is 0 Å². The first kappa shape index (κ1) is 20.0. The second-order valence-corrected chi connectivity index (χ2v) is 6.28. The van der Waals surface area contributed by atoms with Crippen LogP contribution in [0.4, 0.5) is 0 Å². The van der Waals surface area contributed by atoms with Gasteiger partial charge < -0.3 is 16.0 Å². The molecule has 3 N–H and O–H groups in total. The molecule has 0 aliphatic carbocycles. The average Bonchev–Trinajstić information content (AvgIpc) is 2.34. The highest BCUT2D eigenvalue weighted by Crippen LogP contribution is 2.15. The van der Waals surface area contributed by atoms with E-state index in [0.717, 1.165) is 38.4 Å². The fourth-order valence-electron chi connectivity index (χ4n) is 2.53. The number of nitrogens with zero attached hydrogens (tertiary/aromatic N) is 2. The van der Waals surface area contributed by atoms with Crippen molar-refractivity contribution in [3.8, 4) is 0 Å². The second-order valence-electron chi connectivity index (χ2n) is 6.28. The van der Waals surface area contributed by atoms with Gasteiger partial charge in [-0.3, -0.25) is 4.99 Å². The first-order chi connectivity index (χ1) is 9.08. The topological polar surface area (TPSA) is 53.6 Å². The lowest BCUT2D eigenvalue weighted by Crippen LogP contribution is -2.35. The van der Waals surface area contributed by atoms with Crippen LogP contribution in [-0.4, -0.2) is 43.6 Å². The number of likely N-dealkylation sites (tertiary alicyclic amines) is 1. The summed E-state index contributed by atoms with van der Waals surface area (Å²) in [5.41, 5.74) is 5.83. The van der Waals surface area contributed by atoms with Crippen molar-refractivity contribution >= 4 is 29.9 Å². The van der Waals surface area contributed by atoms with Gasteiger partial charge in [-0.05, 0) is 50.6 Å². The number of nitrogens with two attached hydrogens (primary N) is 1. The van der Waals surface area contributed by atoms with E-state index in [2.05, 4.69) is 36.0 Å². The second kappa shape index (κ2) is 11.6. The summed E-state index contributed by atoms with van der Waals surface area (Å²) in [6, 6.07) is 0. The molecular weight excluding hydrogens is 363 g/mol. The fraction of sp³-hybridized carbons (Fsp3) is 0.933. The van der Waals surface area contributed by atoms with Gasteiger partial charge in [0.25, 0.3) is 0 Å². The van der Waals surface area contributed by atoms with Gasteiger partial charge in [0, 0.05) is 19.6 Å². The number of guanidine groups is 1. The molecule has 0 radical (unpaired) electrons. The van der Waals surface area contributed by atoms with Crippen LogP contribution >= 0.6 is 24.0 Å². The molecule has 1 unspecified atom stereocenters. The van der Waals surface area contributed by atoms with Gasteiger partial charge in [0.1, 0.15) is 0 Å². The van der Waals surface area contributed by atoms with Crippen molar-refractivity contribution < 1.29 is 0 Å². The van der Waals surface area contributed by atoms with E-state index >= 15 is 0 Å². The van der Waals surface area contributed by atoms with Crippen LogP contribution in [0.5, 0.6) is 0 Å². The van der Waals surface area contributed by atoms with E-state index in [9.17, 15) is 0 Å². The molecule has 1 heterocycles. The Labute approximate surface area is 142 Å². The Bertz CT molecular complexity index is 269. The number of piperidine rings is 1. The zero-order chi connectivity index (χ0) is 14.1. The smallest absolute Gasteiger partial charge is 0.188 e. The summed E-state index contributed by atoms with van der Waals surface area (Å²) < 4.78 is 0. The van der Waals surface area contributed by atoms with Gasteiger partial charge in [0.15, 0.2) is 5.96 Å². The molecule has 120 valence electrons. The van der Waals surface area contributed by atoms with Crippen molar-refractivity contribution in [1.29, 1.82) is 0 Å². The van der Waals surface area contributed by atoms with Crippen molar-refractivity contribution in [3.05, 3.63) is 0 Å². The van der Waals surface area contributed by atoms with Crippen LogP contribution < -0.4 is 11.1 Å². The third-order valence-electron chi connectivity index (χ3n) is 3.68. The minimum Gasteiger partial charge on any atom is -0.370 e. The first-order valence-corrected chi connectivity index (χ1v) is 7.84. The summed E-state index contributed by atoms with van der Waals surface area (Å²) in [4.78, 5) is 6.94. The molecule has 0 aromatic rings. The van der Waals surface area contributed by atoms with E-state index in [-0.39, 0.29) is 24.0 Å². The van der Waals surface area contributed by atoms with E-state index in [4.69, 9.17) is 5.73 Å². The SMILES string of the molecule is CC(C)CCNC(N)=NCCCN1CCCC(C)C1.I. The Hall–Kier alpha value is -0.0400. The van der Waals surface area contributed by atoms with Crippen molar-refractivity contribution in [3.63, 3.8) is 0 Å². The van der Waals surface area contributed by atoms with E-state index < -0.39 is 0 Å². The summed E-state index contributed by atoms with van der Waals surface area (Å²) in [5.74, 6) is 2.18. The lowest BCUT2D eigenvalue weighted by Gasteiger charge is -2.30. The Kier molecular flexibility index (Phi) is 11.6. The van der Waals surface area contributed by atoms with Crippen molar-refractivity contribution in [2.24, 2.45) is 22.6 Å². The quantitative estimate of drug-likeness (QED) is 0.301. The zero-order valence-electron chi connectivity index (χ0n) is 13.4. The summed E-state index contributed by atoms with van der Waals surface area (Å²) in [7, 11) is 0. The molecule has 0 aromatic carbocycles. The fourth-order valence-corrected chi connectivity index (χ4v) is 2.53. The molecule has 1 saturated heterocycles. The van der Waals surface area contributed by atoms with Crippen LogP contribution in [0.1, 0.15) is 46.5 Å². The molecule has 0 aromatic heterocycles. The standard InChI is InChI=1S/C15H32N4.HI/c1-13(2)7-9-18-15(16)17-8-5-11-19-10-4-6-14(3)12-19;/h13-14H,4-12H2,1-3H3,(H3,16,17,18);1H. The van der Waals surface area contributed by atoms with E-state index in [1.165, 1.54) is 25.9 Å². The molecule has 1 rings (SSSR count). The van der Waals surface area contributed by atoms with Crippen LogP contribution in [-0.2, 0) is 0 Å². The first-order valence-electron chi connectivity index (χ1n) is 7.84. The summed E-state index contributed by atoms with van der Waals surface area (Å²) >= 11 is 0. The maximum atomic E-state index is 5.83. The molecule has 0 amide bonds. The average molecular weight is 396 g/mol. The molecule has 0 spiro atoms. The number of rotatable bonds is 7. The van der Waals surface area contributed by atoms with E-state index in [0.29, 0.717) is 11.9 Å². The Balaban J connectivity index is 0.00000361. The predicted molar refractivity (Wildman–Crippen MR) is 98.8 cm³/mol. The van der Waals surface area contributed by atoms with Crippen LogP contribution in [0.2, 0.25) is 0 Å². The van der Waals surface area contributed by atoms with Crippen LogP contribution in [0.3, 0.4) is 0 Å². The Morgan fingerprint density at radius 1 is 1.45 bits per heavy atom. The third-order valence-corrected chi connectivity index (χ3v) is 3.68. The maximum absolute atomic E-state index is 5.83. The summed E-state index contributed by atoms with van der Waals surface area (Å²) in [6.07, 6.45) is 4.99. The molecule has 0 bridgehead atoms. The summed E-state index contributed by atoms with van der Waals surface area (Å²) in [5, 5.41) is 3.17. The van der Waals surface area contributed by atoms with Crippen LogP contribution in [0, 0.1) is 11.8 Å². The largest absolute Gasteiger partial charge is 0.370 e. The lowest BCUT2D eigenvalue weighted by atomic mass is 10.0. The molecule has 4 nitrogen and oxygen atoms in total. The number of aliphatic imine (C=N–C) groups is 1. The van der Waals surface area contributed by atoms with Gasteiger partial charge in [-0.2, -0.15) is 0 Å². The van der Waals surface area contributed by atoms with Crippen molar-refractivity contribution in [2.45, 2.75) is 46.5 Å². The monoisotopic (exact) mass is 396 g/mol. The van der Waals surface area contributed by atoms with Gasteiger partial charge in [0.2, 0.25) is 0 Å². The zero-order valence-corrected chi connectivity index (χ0v) is 15.7. The predicted octanol–water partition coefficient (Wildman–Crippen LogP) is 2.68. The van der Waals surface area contributed by atoms with Gasteiger partial charge >= 0.3 is 0 Å². The van der Waals surface area contributed by atoms with Crippen molar-refractivity contribution in [2.75, 3.05) is 32.7 Å². The van der Waals surface area contributed by atoms with Gasteiger partial charge in [-0.15, -0.1) is 24.0 Å². The third kappa shape index (κ3) is 9.80. The molecule has 0 saturated carbocycles. The molecule has 1 fully saturated rings. The van der Waals surface area contributed by atoms with E-state index in [1.807, 2.05) is 0 Å². The minimum atomic E-state index is 0. The molecule has 1 aliphatic heterocycles. The molecule has 5 heteroatoms. The minimum absolute atomic E-state index is 0. The maximum Gasteiger partial charge on any atom is 0.188 e. The normalized spacial score (nSPS) is 20.8. The van der Waals surface area contributed by atoms with Crippen molar-refractivity contribution in [1.82, 2.24) is 10.2 Å². The molecule has 1 atom stereocenters. The lowest BCUT2D eigenvalue weighted by molar-refractivity contribution is 0.183. The number of hydrogen-bond acceptors (Lipinski definition) is 2. The van der Waals surface area contributed by atoms with Crippen LogP contribution in [0.25, 0.3) is 0 Å². The number of halogens is 1. The van der Waals surface area contributed by atoms with Gasteiger partial charge in [0.05, 0.1) is 0 Å². The number of hydrogen-bond donors (Lipinski definition) is 2. The van der Waals surface area contributed by atoms with Gasteiger partial charge in [-0.25, -0.2) is 0 Å². The summed E-state index contributed by atoms with van der Waals surface area (Å²) in [6.45, 7) is 12.2. The Morgan fingerprint density at radius 3 is 2.85 bits per heavy atom. The Morgan fingerprint density at radius 2 is 2.20 bits per heavy atom. The highest BCUT2D eigenvalue weighted by Gasteiger charge is 2.15. The number of nitrogens with one attached hydrogen (secondary N) is 1. The van der Waals surface area contributed by atoms with Gasteiger partial charge in [-0.1, -0.05) is 20.8 Å². The molecule has 20 heavy (non-hydrogen) atoms. The molecule has 1 aliphatic rings. The molecular formula is C15H33IN4. The van der Waals surface area contributed by atoms with Crippen LogP contribution in [0.15, 0.2) is 4.99 Å².